The van der Waals surface area contributed by atoms with Crippen LogP contribution in [0.4, 0.5) is 0 Å². The van der Waals surface area contributed by atoms with Gasteiger partial charge in [-0.3, -0.25) is 9.59 Å². The number of carbonyl (C=O) groups is 2. The molecule has 0 aliphatic heterocycles. The Bertz CT molecular complexity index is 708. The lowest BCUT2D eigenvalue weighted by Crippen LogP contribution is -2.35. The van der Waals surface area contributed by atoms with Crippen LogP contribution in [0.25, 0.3) is 0 Å². The maximum Gasteiger partial charge on any atom is 0.327 e. The van der Waals surface area contributed by atoms with Crippen molar-refractivity contribution >= 4 is 11.9 Å². The standard InChI is InChI=1S/C18H18N2O4/c1-4-23-15(21)18(16(22)24-5-2)14(17(18,10-19)11-20)13-8-6-12(3)7-9-13/h6-9,14H,4-5H2,1-3H3. The average Bonchev–Trinajstić information content (AvgIpc) is 3.21. The van der Waals surface area contributed by atoms with Gasteiger partial charge in [-0.15, -0.1) is 0 Å². The van der Waals surface area contributed by atoms with Crippen molar-refractivity contribution in [2.45, 2.75) is 26.7 Å². The van der Waals surface area contributed by atoms with Crippen LogP contribution in [0.2, 0.25) is 0 Å². The lowest BCUT2D eigenvalue weighted by molar-refractivity contribution is -0.165. The van der Waals surface area contributed by atoms with Gasteiger partial charge >= 0.3 is 11.9 Å². The third kappa shape index (κ3) is 2.15. The zero-order valence-electron chi connectivity index (χ0n) is 13.8. The minimum absolute atomic E-state index is 0.0353. The Morgan fingerprint density at radius 1 is 1.04 bits per heavy atom. The largest absolute Gasteiger partial charge is 0.465 e. The van der Waals surface area contributed by atoms with E-state index in [0.29, 0.717) is 5.56 Å². The second-order valence-corrected chi connectivity index (χ2v) is 5.62. The second-order valence-electron chi connectivity index (χ2n) is 5.62. The molecular formula is C18H18N2O4. The van der Waals surface area contributed by atoms with Crippen molar-refractivity contribution in [1.29, 1.82) is 10.5 Å². The molecule has 6 nitrogen and oxygen atoms in total. The Morgan fingerprint density at radius 2 is 1.50 bits per heavy atom. The molecule has 1 aromatic carbocycles. The molecule has 0 aromatic heterocycles. The molecule has 2 rings (SSSR count). The van der Waals surface area contributed by atoms with E-state index in [1.165, 1.54) is 0 Å². The van der Waals surface area contributed by atoms with Crippen LogP contribution >= 0.6 is 0 Å². The summed E-state index contributed by atoms with van der Waals surface area (Å²) in [4.78, 5) is 25.2. The zero-order valence-corrected chi connectivity index (χ0v) is 13.8. The van der Waals surface area contributed by atoms with Crippen LogP contribution in [0.1, 0.15) is 30.9 Å². The van der Waals surface area contributed by atoms with Crippen LogP contribution in [0.3, 0.4) is 0 Å². The molecule has 0 saturated heterocycles. The summed E-state index contributed by atoms with van der Waals surface area (Å²) in [6.07, 6.45) is 0. The lowest BCUT2D eigenvalue weighted by Gasteiger charge is -2.15. The summed E-state index contributed by atoms with van der Waals surface area (Å²) in [7, 11) is 0. The van der Waals surface area contributed by atoms with E-state index >= 15 is 0 Å². The van der Waals surface area contributed by atoms with Gasteiger partial charge in [0.2, 0.25) is 5.41 Å². The molecule has 0 heterocycles. The predicted octanol–water partition coefficient (Wildman–Crippen LogP) is 2.24. The number of benzene rings is 1. The van der Waals surface area contributed by atoms with Crippen molar-refractivity contribution in [3.8, 4) is 12.1 Å². The van der Waals surface area contributed by atoms with Crippen LogP contribution < -0.4 is 0 Å². The van der Waals surface area contributed by atoms with Gasteiger partial charge in [-0.05, 0) is 26.3 Å². The first-order chi connectivity index (χ1) is 11.5. The summed E-state index contributed by atoms with van der Waals surface area (Å²) in [5.74, 6) is -2.70. The molecule has 1 fully saturated rings. The lowest BCUT2D eigenvalue weighted by atomic mass is 9.95. The fourth-order valence-corrected chi connectivity index (χ4v) is 3.19. The van der Waals surface area contributed by atoms with Crippen molar-refractivity contribution in [1.82, 2.24) is 0 Å². The maximum atomic E-state index is 12.6. The van der Waals surface area contributed by atoms with Crippen molar-refractivity contribution in [2.24, 2.45) is 10.8 Å². The molecule has 6 heteroatoms. The summed E-state index contributed by atoms with van der Waals surface area (Å²) >= 11 is 0. The minimum atomic E-state index is -1.95. The number of hydrogen-bond acceptors (Lipinski definition) is 6. The maximum absolute atomic E-state index is 12.6. The predicted molar refractivity (Wildman–Crippen MR) is 83.3 cm³/mol. The Balaban J connectivity index is 2.64. The molecule has 1 saturated carbocycles. The smallest absolute Gasteiger partial charge is 0.327 e. The molecule has 1 aromatic rings. The van der Waals surface area contributed by atoms with Crippen LogP contribution in [0.5, 0.6) is 0 Å². The van der Waals surface area contributed by atoms with Gasteiger partial charge in [0.1, 0.15) is 0 Å². The Labute approximate surface area is 140 Å². The van der Waals surface area contributed by atoms with Crippen molar-refractivity contribution in [3.63, 3.8) is 0 Å². The monoisotopic (exact) mass is 326 g/mol. The van der Waals surface area contributed by atoms with Gasteiger partial charge in [0.15, 0.2) is 5.41 Å². The Morgan fingerprint density at radius 3 is 1.88 bits per heavy atom. The topological polar surface area (TPSA) is 100 Å². The van der Waals surface area contributed by atoms with E-state index in [9.17, 15) is 20.1 Å². The number of carbonyl (C=O) groups excluding carboxylic acids is 2. The highest BCUT2D eigenvalue weighted by atomic mass is 16.6. The van der Waals surface area contributed by atoms with Gasteiger partial charge < -0.3 is 9.47 Å². The molecule has 0 radical (unpaired) electrons. The van der Waals surface area contributed by atoms with E-state index in [-0.39, 0.29) is 13.2 Å². The summed E-state index contributed by atoms with van der Waals surface area (Å²) in [5.41, 5.74) is -2.24. The van der Waals surface area contributed by atoms with Gasteiger partial charge in [0.25, 0.3) is 0 Å². The molecule has 24 heavy (non-hydrogen) atoms. The fraction of sp³-hybridized carbons (Fsp3) is 0.444. The third-order valence-electron chi connectivity index (χ3n) is 4.36. The molecule has 0 N–H and O–H groups in total. The Kier molecular flexibility index (Phi) is 4.61. The summed E-state index contributed by atoms with van der Waals surface area (Å²) < 4.78 is 10.1. The average molecular weight is 326 g/mol. The number of aryl methyl sites for hydroxylation is 1. The third-order valence-corrected chi connectivity index (χ3v) is 4.36. The molecule has 1 aliphatic carbocycles. The Hall–Kier alpha value is -2.86. The van der Waals surface area contributed by atoms with E-state index in [4.69, 9.17) is 9.47 Å². The number of rotatable bonds is 5. The molecule has 124 valence electrons. The van der Waals surface area contributed by atoms with Crippen LogP contribution in [0, 0.1) is 40.4 Å². The first-order valence-electron chi connectivity index (χ1n) is 7.69. The van der Waals surface area contributed by atoms with E-state index < -0.39 is 28.7 Å². The highest BCUT2D eigenvalue weighted by Crippen LogP contribution is 2.74. The number of ether oxygens (including phenoxy) is 2. The fourth-order valence-electron chi connectivity index (χ4n) is 3.19. The highest BCUT2D eigenvalue weighted by molar-refractivity contribution is 6.09. The van der Waals surface area contributed by atoms with E-state index in [1.807, 2.05) is 19.1 Å². The summed E-state index contributed by atoms with van der Waals surface area (Å²) in [6.45, 7) is 5.16. The van der Waals surface area contributed by atoms with Crippen LogP contribution in [-0.4, -0.2) is 25.2 Å². The summed E-state index contributed by atoms with van der Waals surface area (Å²) in [5, 5.41) is 19.2. The van der Waals surface area contributed by atoms with Crippen LogP contribution in [0.15, 0.2) is 24.3 Å². The molecule has 1 aliphatic rings. The number of esters is 2. The van der Waals surface area contributed by atoms with Crippen molar-refractivity contribution in [2.75, 3.05) is 13.2 Å². The van der Waals surface area contributed by atoms with Gasteiger partial charge in [0, 0.05) is 5.92 Å². The zero-order chi connectivity index (χ0) is 18.0. The number of nitriles is 2. The van der Waals surface area contributed by atoms with Gasteiger partial charge in [0.05, 0.1) is 25.4 Å². The first-order valence-corrected chi connectivity index (χ1v) is 7.69. The SMILES string of the molecule is CCOC(=O)C1(C(=O)OCC)C(c2ccc(C)cc2)C1(C#N)C#N. The van der Waals surface area contributed by atoms with Gasteiger partial charge in [-0.25, -0.2) is 0 Å². The van der Waals surface area contributed by atoms with Gasteiger partial charge in [-0.1, -0.05) is 29.8 Å². The normalized spacial score (nSPS) is 19.5. The van der Waals surface area contributed by atoms with Gasteiger partial charge in [-0.2, -0.15) is 10.5 Å². The molecule has 0 bridgehead atoms. The van der Waals surface area contributed by atoms with E-state index in [0.717, 1.165) is 5.56 Å². The number of nitrogens with zero attached hydrogens (tertiary/aromatic N) is 2. The minimum Gasteiger partial charge on any atom is -0.465 e. The molecule has 1 atom stereocenters. The quantitative estimate of drug-likeness (QED) is 0.607. The highest BCUT2D eigenvalue weighted by Gasteiger charge is 2.89. The summed E-state index contributed by atoms with van der Waals surface area (Å²) in [6, 6.07) is 10.8. The second kappa shape index (κ2) is 6.33. The molecule has 0 amide bonds. The van der Waals surface area contributed by atoms with Crippen molar-refractivity contribution < 1.29 is 19.1 Å². The van der Waals surface area contributed by atoms with Crippen LogP contribution in [-0.2, 0) is 19.1 Å². The van der Waals surface area contributed by atoms with Crippen molar-refractivity contribution in [3.05, 3.63) is 35.4 Å². The molecular weight excluding hydrogens is 308 g/mol. The number of hydrogen-bond donors (Lipinski definition) is 0. The van der Waals surface area contributed by atoms with E-state index in [2.05, 4.69) is 0 Å². The molecule has 0 spiro atoms. The van der Waals surface area contributed by atoms with E-state index in [1.54, 1.807) is 38.1 Å². The molecule has 1 unspecified atom stereocenters. The first kappa shape index (κ1) is 17.5.